The second-order valence-electron chi connectivity index (χ2n) is 3.22. The lowest BCUT2D eigenvalue weighted by Gasteiger charge is -2.06. The number of hydrogen-bond acceptors (Lipinski definition) is 4. The van der Waals surface area contributed by atoms with E-state index in [9.17, 15) is 0 Å². The second kappa shape index (κ2) is 4.97. The van der Waals surface area contributed by atoms with Gasteiger partial charge in [0, 0.05) is 6.54 Å². The van der Waals surface area contributed by atoms with Crippen molar-refractivity contribution in [2.45, 2.75) is 20.3 Å². The van der Waals surface area contributed by atoms with Gasteiger partial charge in [0.05, 0.1) is 6.20 Å². The molecule has 0 radical (unpaired) electrons. The van der Waals surface area contributed by atoms with Gasteiger partial charge in [-0.25, -0.2) is 0 Å². The van der Waals surface area contributed by atoms with Crippen LogP contribution < -0.4 is 5.32 Å². The van der Waals surface area contributed by atoms with Crippen LogP contribution in [0.5, 0.6) is 0 Å². The molecule has 0 atom stereocenters. The van der Waals surface area contributed by atoms with Crippen LogP contribution >= 0.6 is 11.6 Å². The number of anilines is 1. The zero-order valence-corrected chi connectivity index (χ0v) is 8.54. The summed E-state index contributed by atoms with van der Waals surface area (Å²) in [4.78, 5) is 3.95. The lowest BCUT2D eigenvalue weighted by molar-refractivity contribution is 0.606. The van der Waals surface area contributed by atoms with E-state index in [2.05, 4.69) is 34.3 Å². The molecule has 1 rings (SSSR count). The van der Waals surface area contributed by atoms with Gasteiger partial charge in [-0.3, -0.25) is 0 Å². The molecule has 0 saturated heterocycles. The van der Waals surface area contributed by atoms with Crippen molar-refractivity contribution in [2.24, 2.45) is 5.92 Å². The molecular weight excluding hydrogens is 188 g/mol. The van der Waals surface area contributed by atoms with E-state index in [-0.39, 0.29) is 5.28 Å². The van der Waals surface area contributed by atoms with E-state index in [0.717, 1.165) is 13.0 Å². The Morgan fingerprint density at radius 3 is 2.92 bits per heavy atom. The van der Waals surface area contributed by atoms with Gasteiger partial charge in [-0.2, -0.15) is 10.1 Å². The molecule has 0 saturated carbocycles. The number of hydrogen-bond donors (Lipinski definition) is 1. The molecule has 0 spiro atoms. The summed E-state index contributed by atoms with van der Waals surface area (Å²) in [5.41, 5.74) is 0. The molecule has 0 unspecified atom stereocenters. The van der Waals surface area contributed by atoms with Gasteiger partial charge in [0.25, 0.3) is 0 Å². The maximum Gasteiger partial charge on any atom is 0.244 e. The van der Waals surface area contributed by atoms with Crippen molar-refractivity contribution in [1.29, 1.82) is 0 Å². The molecule has 5 heteroatoms. The van der Waals surface area contributed by atoms with E-state index >= 15 is 0 Å². The Balaban J connectivity index is 2.37. The number of aromatic nitrogens is 3. The Bertz CT molecular complexity index is 264. The number of halogens is 1. The first-order chi connectivity index (χ1) is 6.18. The summed E-state index contributed by atoms with van der Waals surface area (Å²) in [7, 11) is 0. The fourth-order valence-corrected chi connectivity index (χ4v) is 0.991. The topological polar surface area (TPSA) is 50.7 Å². The summed E-state index contributed by atoms with van der Waals surface area (Å²) >= 11 is 5.56. The van der Waals surface area contributed by atoms with Crippen molar-refractivity contribution >= 4 is 17.4 Å². The lowest BCUT2D eigenvalue weighted by Crippen LogP contribution is -2.06. The summed E-state index contributed by atoms with van der Waals surface area (Å²) in [6, 6.07) is 0. The van der Waals surface area contributed by atoms with E-state index in [4.69, 9.17) is 11.6 Å². The van der Waals surface area contributed by atoms with Crippen LogP contribution in [-0.4, -0.2) is 21.7 Å². The van der Waals surface area contributed by atoms with Gasteiger partial charge < -0.3 is 5.32 Å². The third kappa shape index (κ3) is 4.03. The van der Waals surface area contributed by atoms with Crippen LogP contribution in [0.4, 0.5) is 5.82 Å². The second-order valence-corrected chi connectivity index (χ2v) is 3.56. The molecule has 1 heterocycles. The van der Waals surface area contributed by atoms with Crippen molar-refractivity contribution in [3.8, 4) is 0 Å². The molecule has 0 aliphatic carbocycles. The van der Waals surface area contributed by atoms with Crippen molar-refractivity contribution in [3.63, 3.8) is 0 Å². The average Bonchev–Trinajstić information content (AvgIpc) is 2.03. The molecule has 1 aromatic rings. The highest BCUT2D eigenvalue weighted by Crippen LogP contribution is 2.05. The van der Waals surface area contributed by atoms with E-state index in [0.29, 0.717) is 11.7 Å². The van der Waals surface area contributed by atoms with Gasteiger partial charge in [-0.1, -0.05) is 13.8 Å². The number of rotatable bonds is 4. The van der Waals surface area contributed by atoms with Crippen molar-refractivity contribution in [1.82, 2.24) is 15.2 Å². The normalized spacial score (nSPS) is 10.5. The monoisotopic (exact) mass is 200 g/mol. The zero-order chi connectivity index (χ0) is 9.68. The minimum atomic E-state index is 0.176. The summed E-state index contributed by atoms with van der Waals surface area (Å²) in [6.07, 6.45) is 2.66. The van der Waals surface area contributed by atoms with Crippen LogP contribution in [0.15, 0.2) is 6.20 Å². The minimum absolute atomic E-state index is 0.176. The highest BCUT2D eigenvalue weighted by Gasteiger charge is 1.97. The van der Waals surface area contributed by atoms with Gasteiger partial charge in [0.15, 0.2) is 0 Å². The molecule has 0 bridgehead atoms. The predicted octanol–water partition coefficient (Wildman–Crippen LogP) is 1.98. The van der Waals surface area contributed by atoms with Crippen LogP contribution in [0, 0.1) is 5.92 Å². The molecule has 0 aliphatic heterocycles. The highest BCUT2D eigenvalue weighted by molar-refractivity contribution is 6.28. The number of nitrogens with zero attached hydrogens (tertiary/aromatic N) is 3. The first kappa shape index (κ1) is 10.2. The summed E-state index contributed by atoms with van der Waals surface area (Å²) < 4.78 is 0. The fourth-order valence-electron chi connectivity index (χ4n) is 0.856. The van der Waals surface area contributed by atoms with Gasteiger partial charge >= 0.3 is 0 Å². The molecule has 1 N–H and O–H groups in total. The molecular formula is C8H13ClN4. The average molecular weight is 201 g/mol. The number of nitrogens with one attached hydrogen (secondary N) is 1. The fraction of sp³-hybridized carbons (Fsp3) is 0.625. The summed E-state index contributed by atoms with van der Waals surface area (Å²) in [5, 5.41) is 10.5. The molecule has 13 heavy (non-hydrogen) atoms. The summed E-state index contributed by atoms with van der Waals surface area (Å²) in [6.45, 7) is 5.23. The smallest absolute Gasteiger partial charge is 0.244 e. The van der Waals surface area contributed by atoms with Gasteiger partial charge in [-0.15, -0.1) is 5.10 Å². The van der Waals surface area contributed by atoms with Gasteiger partial charge in [0.2, 0.25) is 5.28 Å². The van der Waals surface area contributed by atoms with E-state index in [1.54, 1.807) is 6.20 Å². The zero-order valence-electron chi connectivity index (χ0n) is 7.79. The third-order valence-corrected chi connectivity index (χ3v) is 1.72. The Morgan fingerprint density at radius 1 is 1.54 bits per heavy atom. The molecule has 72 valence electrons. The standard InChI is InChI=1S/C8H13ClN4/c1-6(2)3-4-10-7-5-11-13-8(9)12-7/h5-6H,3-4H2,1-2H3,(H,10,12,13). The largest absolute Gasteiger partial charge is 0.369 e. The Labute approximate surface area is 82.7 Å². The molecule has 0 fully saturated rings. The van der Waals surface area contributed by atoms with Crippen LogP contribution in [0.1, 0.15) is 20.3 Å². The first-order valence-electron chi connectivity index (χ1n) is 4.27. The first-order valence-corrected chi connectivity index (χ1v) is 4.65. The Morgan fingerprint density at radius 2 is 2.31 bits per heavy atom. The SMILES string of the molecule is CC(C)CCNc1cnnc(Cl)n1. The molecule has 0 amide bonds. The molecule has 0 aliphatic rings. The molecule has 1 aromatic heterocycles. The third-order valence-electron chi connectivity index (χ3n) is 1.56. The maximum atomic E-state index is 5.56. The summed E-state index contributed by atoms with van der Waals surface area (Å²) in [5.74, 6) is 1.36. The quantitative estimate of drug-likeness (QED) is 0.808. The van der Waals surface area contributed by atoms with E-state index in [1.807, 2.05) is 0 Å². The van der Waals surface area contributed by atoms with Crippen molar-refractivity contribution in [2.75, 3.05) is 11.9 Å². The Hall–Kier alpha value is -0.900. The van der Waals surface area contributed by atoms with Gasteiger partial charge in [-0.05, 0) is 23.9 Å². The predicted molar refractivity (Wildman–Crippen MR) is 52.8 cm³/mol. The minimum Gasteiger partial charge on any atom is -0.369 e. The van der Waals surface area contributed by atoms with Crippen LogP contribution in [0.3, 0.4) is 0 Å². The van der Waals surface area contributed by atoms with Crippen molar-refractivity contribution in [3.05, 3.63) is 11.5 Å². The highest BCUT2D eigenvalue weighted by atomic mass is 35.5. The Kier molecular flexibility index (Phi) is 3.89. The van der Waals surface area contributed by atoms with Gasteiger partial charge in [0.1, 0.15) is 5.82 Å². The molecule has 4 nitrogen and oxygen atoms in total. The van der Waals surface area contributed by atoms with E-state index < -0.39 is 0 Å². The maximum absolute atomic E-state index is 5.56. The van der Waals surface area contributed by atoms with Crippen LogP contribution in [-0.2, 0) is 0 Å². The van der Waals surface area contributed by atoms with E-state index in [1.165, 1.54) is 0 Å². The van der Waals surface area contributed by atoms with Crippen LogP contribution in [0.25, 0.3) is 0 Å². The van der Waals surface area contributed by atoms with Crippen molar-refractivity contribution < 1.29 is 0 Å². The lowest BCUT2D eigenvalue weighted by atomic mass is 10.1. The van der Waals surface area contributed by atoms with Crippen LogP contribution in [0.2, 0.25) is 5.28 Å². The molecule has 0 aromatic carbocycles.